The molecule has 122 valence electrons. The molecule has 1 unspecified atom stereocenters. The number of hydrogen-bond donors (Lipinski definition) is 2. The molecule has 6 nitrogen and oxygen atoms in total. The quantitative estimate of drug-likeness (QED) is 0.872. The average Bonchev–Trinajstić information content (AvgIpc) is 2.97. The molecule has 2 heterocycles. The highest BCUT2D eigenvalue weighted by atomic mass is 32.1. The molecule has 1 saturated heterocycles. The van der Waals surface area contributed by atoms with Gasteiger partial charge in [0.1, 0.15) is 5.01 Å². The Hall–Kier alpha value is -1.83. The summed E-state index contributed by atoms with van der Waals surface area (Å²) in [6.07, 6.45) is 0.998. The molecule has 1 aromatic carbocycles. The number of amides is 1. The van der Waals surface area contributed by atoms with Crippen molar-refractivity contribution in [3.05, 3.63) is 40.4 Å². The first kappa shape index (κ1) is 16.0. The standard InChI is InChI=1S/C16H20N4O2S/c1-11-4-2-3-5-12(11)8-15-19-20-16(23-15)18-14(21)9-13-10-17-6-7-22-13/h2-5,13,17H,6-10H2,1H3,(H,18,20,21). The number of carbonyl (C=O) groups excluding carboxylic acids is 1. The monoisotopic (exact) mass is 332 g/mol. The predicted molar refractivity (Wildman–Crippen MR) is 89.8 cm³/mol. The van der Waals surface area contributed by atoms with Crippen LogP contribution < -0.4 is 10.6 Å². The number of aryl methyl sites for hydroxylation is 1. The van der Waals surface area contributed by atoms with Gasteiger partial charge in [-0.05, 0) is 18.1 Å². The summed E-state index contributed by atoms with van der Waals surface area (Å²) < 4.78 is 5.53. The fourth-order valence-corrected chi connectivity index (χ4v) is 3.25. The van der Waals surface area contributed by atoms with Crippen molar-refractivity contribution in [2.24, 2.45) is 0 Å². The number of nitrogens with one attached hydrogen (secondary N) is 2. The molecule has 0 radical (unpaired) electrons. The predicted octanol–water partition coefficient (Wildman–Crippen LogP) is 1.75. The Labute approximate surface area is 139 Å². The van der Waals surface area contributed by atoms with Gasteiger partial charge >= 0.3 is 0 Å². The third-order valence-electron chi connectivity index (χ3n) is 3.73. The van der Waals surface area contributed by atoms with Gasteiger partial charge in [0.2, 0.25) is 11.0 Å². The summed E-state index contributed by atoms with van der Waals surface area (Å²) in [4.78, 5) is 12.0. The third kappa shape index (κ3) is 4.57. The van der Waals surface area contributed by atoms with Crippen LogP contribution in [-0.2, 0) is 16.0 Å². The molecule has 1 aromatic heterocycles. The average molecular weight is 332 g/mol. The number of carbonyl (C=O) groups is 1. The summed E-state index contributed by atoms with van der Waals surface area (Å²) in [6, 6.07) is 8.21. The second-order valence-corrected chi connectivity index (χ2v) is 6.62. The van der Waals surface area contributed by atoms with Crippen LogP contribution in [0.1, 0.15) is 22.6 Å². The summed E-state index contributed by atoms with van der Waals surface area (Å²) in [7, 11) is 0. The van der Waals surface area contributed by atoms with E-state index in [1.54, 1.807) is 0 Å². The van der Waals surface area contributed by atoms with Gasteiger partial charge in [-0.25, -0.2) is 0 Å². The summed E-state index contributed by atoms with van der Waals surface area (Å²) in [5.41, 5.74) is 2.46. The molecule has 1 amide bonds. The Morgan fingerprint density at radius 3 is 3.09 bits per heavy atom. The fourth-order valence-electron chi connectivity index (χ4n) is 2.47. The van der Waals surface area contributed by atoms with E-state index in [0.29, 0.717) is 24.7 Å². The maximum Gasteiger partial charge on any atom is 0.228 e. The van der Waals surface area contributed by atoms with Gasteiger partial charge in [-0.1, -0.05) is 35.6 Å². The van der Waals surface area contributed by atoms with Crippen molar-refractivity contribution in [1.82, 2.24) is 15.5 Å². The lowest BCUT2D eigenvalue weighted by Crippen LogP contribution is -2.40. The van der Waals surface area contributed by atoms with E-state index >= 15 is 0 Å². The minimum atomic E-state index is -0.0858. The third-order valence-corrected chi connectivity index (χ3v) is 4.57. The van der Waals surface area contributed by atoms with E-state index in [9.17, 15) is 4.79 Å². The normalized spacial score (nSPS) is 17.9. The van der Waals surface area contributed by atoms with Gasteiger partial charge in [-0.2, -0.15) is 0 Å². The van der Waals surface area contributed by atoms with Gasteiger partial charge in [0.05, 0.1) is 19.1 Å². The maximum absolute atomic E-state index is 12.0. The van der Waals surface area contributed by atoms with Crippen LogP contribution in [0.5, 0.6) is 0 Å². The molecular formula is C16H20N4O2S. The molecular weight excluding hydrogens is 312 g/mol. The molecule has 2 aromatic rings. The van der Waals surface area contributed by atoms with Crippen molar-refractivity contribution in [3.63, 3.8) is 0 Å². The van der Waals surface area contributed by atoms with E-state index in [0.717, 1.165) is 18.0 Å². The molecule has 1 atom stereocenters. The van der Waals surface area contributed by atoms with Crippen LogP contribution in [-0.4, -0.2) is 41.9 Å². The summed E-state index contributed by atoms with van der Waals surface area (Å²) in [5.74, 6) is -0.0858. The molecule has 1 aliphatic heterocycles. The van der Waals surface area contributed by atoms with Crippen molar-refractivity contribution >= 4 is 22.4 Å². The Bertz CT molecular complexity index is 668. The molecule has 3 rings (SSSR count). The van der Waals surface area contributed by atoms with Crippen LogP contribution in [0.4, 0.5) is 5.13 Å². The number of morpholine rings is 1. The molecule has 0 saturated carbocycles. The first-order chi connectivity index (χ1) is 11.2. The molecule has 23 heavy (non-hydrogen) atoms. The van der Waals surface area contributed by atoms with Crippen molar-refractivity contribution in [2.45, 2.75) is 25.9 Å². The van der Waals surface area contributed by atoms with Gasteiger partial charge in [-0.3, -0.25) is 4.79 Å². The second-order valence-electron chi connectivity index (χ2n) is 5.55. The molecule has 7 heteroatoms. The minimum Gasteiger partial charge on any atom is -0.375 e. The van der Waals surface area contributed by atoms with Gasteiger partial charge < -0.3 is 15.4 Å². The van der Waals surface area contributed by atoms with Crippen LogP contribution in [0.15, 0.2) is 24.3 Å². The molecule has 2 N–H and O–H groups in total. The van der Waals surface area contributed by atoms with Crippen LogP contribution in [0.25, 0.3) is 0 Å². The highest BCUT2D eigenvalue weighted by Crippen LogP contribution is 2.20. The molecule has 0 aliphatic carbocycles. The lowest BCUT2D eigenvalue weighted by atomic mass is 10.1. The number of hydrogen-bond acceptors (Lipinski definition) is 6. The lowest BCUT2D eigenvalue weighted by Gasteiger charge is -2.22. The Balaban J connectivity index is 1.54. The Kier molecular flexibility index (Phi) is 5.32. The van der Waals surface area contributed by atoms with E-state index in [1.165, 1.54) is 22.5 Å². The SMILES string of the molecule is Cc1ccccc1Cc1nnc(NC(=O)CC2CNCCO2)s1. The van der Waals surface area contributed by atoms with E-state index < -0.39 is 0 Å². The van der Waals surface area contributed by atoms with Crippen molar-refractivity contribution in [1.29, 1.82) is 0 Å². The molecule has 1 fully saturated rings. The lowest BCUT2D eigenvalue weighted by molar-refractivity contribution is -0.119. The molecule has 0 spiro atoms. The summed E-state index contributed by atoms with van der Waals surface area (Å²) >= 11 is 1.42. The summed E-state index contributed by atoms with van der Waals surface area (Å²) in [6.45, 7) is 4.29. The van der Waals surface area contributed by atoms with Gasteiger partial charge in [0, 0.05) is 19.5 Å². The van der Waals surface area contributed by atoms with Crippen LogP contribution in [0.2, 0.25) is 0 Å². The number of benzene rings is 1. The zero-order valence-electron chi connectivity index (χ0n) is 13.0. The fraction of sp³-hybridized carbons (Fsp3) is 0.438. The Morgan fingerprint density at radius 1 is 1.43 bits per heavy atom. The van der Waals surface area contributed by atoms with Crippen molar-refractivity contribution in [3.8, 4) is 0 Å². The van der Waals surface area contributed by atoms with E-state index in [4.69, 9.17) is 4.74 Å². The zero-order chi connectivity index (χ0) is 16.1. The van der Waals surface area contributed by atoms with E-state index in [1.807, 2.05) is 12.1 Å². The van der Waals surface area contributed by atoms with Crippen molar-refractivity contribution in [2.75, 3.05) is 25.0 Å². The van der Waals surface area contributed by atoms with Gasteiger partial charge in [0.25, 0.3) is 0 Å². The van der Waals surface area contributed by atoms with E-state index in [-0.39, 0.29) is 12.0 Å². The largest absolute Gasteiger partial charge is 0.375 e. The highest BCUT2D eigenvalue weighted by molar-refractivity contribution is 7.15. The maximum atomic E-state index is 12.0. The van der Waals surface area contributed by atoms with Crippen LogP contribution >= 0.6 is 11.3 Å². The first-order valence-corrected chi connectivity index (χ1v) is 8.51. The minimum absolute atomic E-state index is 0.0666. The smallest absolute Gasteiger partial charge is 0.228 e. The number of aromatic nitrogens is 2. The van der Waals surface area contributed by atoms with Gasteiger partial charge in [-0.15, -0.1) is 10.2 Å². The second kappa shape index (κ2) is 7.63. The number of rotatable bonds is 5. The number of nitrogens with zero attached hydrogens (tertiary/aromatic N) is 2. The van der Waals surface area contributed by atoms with E-state index in [2.05, 4.69) is 39.9 Å². The van der Waals surface area contributed by atoms with Crippen LogP contribution in [0.3, 0.4) is 0 Å². The molecule has 1 aliphatic rings. The van der Waals surface area contributed by atoms with Gasteiger partial charge in [0.15, 0.2) is 0 Å². The molecule has 0 bridgehead atoms. The Morgan fingerprint density at radius 2 is 2.30 bits per heavy atom. The summed E-state index contributed by atoms with van der Waals surface area (Å²) in [5, 5.41) is 15.7. The number of anilines is 1. The zero-order valence-corrected chi connectivity index (χ0v) is 13.9. The van der Waals surface area contributed by atoms with Crippen molar-refractivity contribution < 1.29 is 9.53 Å². The highest BCUT2D eigenvalue weighted by Gasteiger charge is 2.18. The number of ether oxygens (including phenoxy) is 1. The topological polar surface area (TPSA) is 76.1 Å². The first-order valence-electron chi connectivity index (χ1n) is 7.70. The van der Waals surface area contributed by atoms with Crippen LogP contribution in [0, 0.1) is 6.92 Å².